The number of halogens is 1. The van der Waals surface area contributed by atoms with E-state index >= 15 is 0 Å². The number of benzene rings is 3. The third-order valence-electron chi connectivity index (χ3n) is 4.29. The van der Waals surface area contributed by atoms with Crippen molar-refractivity contribution in [3.05, 3.63) is 83.4 Å². The summed E-state index contributed by atoms with van der Waals surface area (Å²) in [6, 6.07) is 23.2. The third-order valence-corrected chi connectivity index (χ3v) is 4.53. The van der Waals surface area contributed by atoms with E-state index in [0.717, 1.165) is 33.5 Å². The van der Waals surface area contributed by atoms with Crippen molar-refractivity contribution in [2.45, 2.75) is 6.92 Å². The summed E-state index contributed by atoms with van der Waals surface area (Å²) in [7, 11) is 0. The number of nitrogens with one attached hydrogen (secondary N) is 1. The molecule has 0 aliphatic heterocycles. The Morgan fingerprint density at radius 2 is 1.79 bits per heavy atom. The molecule has 0 spiro atoms. The van der Waals surface area contributed by atoms with Gasteiger partial charge in [0, 0.05) is 21.5 Å². The summed E-state index contributed by atoms with van der Waals surface area (Å²) < 4.78 is 5.62. The lowest BCUT2D eigenvalue weighted by atomic mass is 10.1. The van der Waals surface area contributed by atoms with Crippen molar-refractivity contribution in [2.75, 3.05) is 12.0 Å². The maximum atomic E-state index is 6.20. The van der Waals surface area contributed by atoms with Gasteiger partial charge < -0.3 is 4.74 Å². The molecule has 0 unspecified atom stereocenters. The van der Waals surface area contributed by atoms with Gasteiger partial charge in [0.1, 0.15) is 5.75 Å². The van der Waals surface area contributed by atoms with Crippen molar-refractivity contribution in [3.8, 4) is 17.0 Å². The Bertz CT molecular complexity index is 1160. The third kappa shape index (κ3) is 4.36. The molecule has 144 valence electrons. The molecule has 0 bridgehead atoms. The van der Waals surface area contributed by atoms with Crippen LogP contribution in [-0.4, -0.2) is 22.8 Å². The molecular formula is C23H19ClN4O. The normalized spacial score (nSPS) is 11.1. The molecular weight excluding hydrogens is 384 g/mol. The molecule has 4 aromatic rings. The lowest BCUT2D eigenvalue weighted by Gasteiger charge is -2.09. The van der Waals surface area contributed by atoms with Crippen molar-refractivity contribution in [3.63, 3.8) is 0 Å². The Hall–Kier alpha value is -3.44. The average molecular weight is 403 g/mol. The zero-order valence-electron chi connectivity index (χ0n) is 15.8. The van der Waals surface area contributed by atoms with Crippen molar-refractivity contribution in [1.82, 2.24) is 9.97 Å². The second-order valence-electron chi connectivity index (χ2n) is 6.26. The van der Waals surface area contributed by atoms with Gasteiger partial charge in [-0.1, -0.05) is 54.1 Å². The molecule has 5 nitrogen and oxygen atoms in total. The number of para-hydroxylation sites is 1. The highest BCUT2D eigenvalue weighted by molar-refractivity contribution is 6.31. The second kappa shape index (κ2) is 8.71. The summed E-state index contributed by atoms with van der Waals surface area (Å²) in [5.41, 5.74) is 6.38. The molecule has 1 heterocycles. The lowest BCUT2D eigenvalue weighted by Crippen LogP contribution is -2.01. The minimum atomic E-state index is 0.406. The fourth-order valence-electron chi connectivity index (χ4n) is 3.00. The maximum Gasteiger partial charge on any atom is 0.244 e. The van der Waals surface area contributed by atoms with Crippen LogP contribution in [0.25, 0.3) is 22.2 Å². The maximum absolute atomic E-state index is 6.20. The van der Waals surface area contributed by atoms with Crippen LogP contribution in [0.5, 0.6) is 5.75 Å². The zero-order valence-corrected chi connectivity index (χ0v) is 16.6. The first-order valence-electron chi connectivity index (χ1n) is 9.28. The fourth-order valence-corrected chi connectivity index (χ4v) is 3.17. The fraction of sp³-hybridized carbons (Fsp3) is 0.0870. The van der Waals surface area contributed by atoms with Crippen LogP contribution in [0.15, 0.2) is 77.9 Å². The molecule has 0 amide bonds. The number of fused-ring (bicyclic) bond motifs is 1. The number of nitrogens with zero attached hydrogens (tertiary/aromatic N) is 3. The largest absolute Gasteiger partial charge is 0.493 e. The monoisotopic (exact) mass is 402 g/mol. The quantitative estimate of drug-likeness (QED) is 0.327. The van der Waals surface area contributed by atoms with Crippen molar-refractivity contribution in [2.24, 2.45) is 5.10 Å². The number of hydrogen-bond acceptors (Lipinski definition) is 5. The van der Waals surface area contributed by atoms with Crippen LogP contribution in [0.1, 0.15) is 12.5 Å². The zero-order chi connectivity index (χ0) is 20.1. The van der Waals surface area contributed by atoms with E-state index in [4.69, 9.17) is 16.3 Å². The van der Waals surface area contributed by atoms with Crippen molar-refractivity contribution < 1.29 is 4.74 Å². The van der Waals surface area contributed by atoms with Crippen LogP contribution in [-0.2, 0) is 0 Å². The highest BCUT2D eigenvalue weighted by Crippen LogP contribution is 2.29. The summed E-state index contributed by atoms with van der Waals surface area (Å²) in [6.07, 6.45) is 1.70. The highest BCUT2D eigenvalue weighted by atomic mass is 35.5. The molecule has 0 saturated heterocycles. The summed E-state index contributed by atoms with van der Waals surface area (Å²) >= 11 is 6.20. The summed E-state index contributed by atoms with van der Waals surface area (Å²) in [6.45, 7) is 2.54. The van der Waals surface area contributed by atoms with Crippen LogP contribution in [0.4, 0.5) is 5.95 Å². The van der Waals surface area contributed by atoms with Gasteiger partial charge in [0.2, 0.25) is 5.95 Å². The van der Waals surface area contributed by atoms with Gasteiger partial charge in [0.05, 0.1) is 24.0 Å². The van der Waals surface area contributed by atoms with Gasteiger partial charge in [-0.2, -0.15) is 5.10 Å². The second-order valence-corrected chi connectivity index (χ2v) is 6.70. The van der Waals surface area contributed by atoms with Gasteiger partial charge in [-0.05, 0) is 37.3 Å². The van der Waals surface area contributed by atoms with E-state index in [1.54, 1.807) is 6.21 Å². The van der Waals surface area contributed by atoms with Gasteiger partial charge >= 0.3 is 0 Å². The first kappa shape index (κ1) is 18.9. The predicted octanol–water partition coefficient (Wildman–Crippen LogP) is 5.79. The molecule has 0 atom stereocenters. The van der Waals surface area contributed by atoms with Crippen molar-refractivity contribution in [1.29, 1.82) is 0 Å². The Morgan fingerprint density at radius 1 is 1.00 bits per heavy atom. The summed E-state index contributed by atoms with van der Waals surface area (Å²) in [5.74, 6) is 1.18. The Labute approximate surface area is 174 Å². The molecule has 0 aliphatic rings. The standard InChI is InChI=1S/C23H19ClN4O/c1-2-29-21-11-7-6-10-17(21)15-25-28-23-26-20-13-12-18(24)14-19(20)22(27-23)16-8-4-3-5-9-16/h3-15H,2H2,1H3,(H,26,27,28)/b25-15+. The predicted molar refractivity (Wildman–Crippen MR) is 119 cm³/mol. The summed E-state index contributed by atoms with van der Waals surface area (Å²) in [5, 5.41) is 5.84. The highest BCUT2D eigenvalue weighted by Gasteiger charge is 2.10. The molecule has 0 aliphatic carbocycles. The average Bonchev–Trinajstić information content (AvgIpc) is 2.75. The van der Waals surface area contributed by atoms with E-state index in [1.807, 2.05) is 79.7 Å². The lowest BCUT2D eigenvalue weighted by molar-refractivity contribution is 0.340. The molecule has 6 heteroatoms. The molecule has 3 aromatic carbocycles. The van der Waals surface area contributed by atoms with Crippen LogP contribution in [0, 0.1) is 0 Å². The minimum Gasteiger partial charge on any atom is -0.493 e. The number of anilines is 1. The van der Waals surface area contributed by atoms with Gasteiger partial charge in [-0.3, -0.25) is 0 Å². The number of hydrazone groups is 1. The molecule has 1 aromatic heterocycles. The van der Waals surface area contributed by atoms with E-state index in [1.165, 1.54) is 0 Å². The first-order chi connectivity index (χ1) is 14.2. The Kier molecular flexibility index (Phi) is 5.68. The molecule has 0 saturated carbocycles. The van der Waals surface area contributed by atoms with E-state index in [9.17, 15) is 0 Å². The van der Waals surface area contributed by atoms with E-state index < -0.39 is 0 Å². The number of rotatable bonds is 6. The van der Waals surface area contributed by atoms with Gasteiger partial charge in [-0.15, -0.1) is 0 Å². The van der Waals surface area contributed by atoms with E-state index in [-0.39, 0.29) is 0 Å². The van der Waals surface area contributed by atoms with Gasteiger partial charge in [0.15, 0.2) is 0 Å². The summed E-state index contributed by atoms with van der Waals surface area (Å²) in [4.78, 5) is 9.24. The number of hydrogen-bond donors (Lipinski definition) is 1. The molecule has 1 N–H and O–H groups in total. The van der Waals surface area contributed by atoms with E-state index in [2.05, 4.69) is 20.5 Å². The molecule has 4 rings (SSSR count). The molecule has 0 fully saturated rings. The van der Waals surface area contributed by atoms with Gasteiger partial charge in [0.25, 0.3) is 0 Å². The number of aromatic nitrogens is 2. The minimum absolute atomic E-state index is 0.406. The van der Waals surface area contributed by atoms with E-state index in [0.29, 0.717) is 17.6 Å². The van der Waals surface area contributed by atoms with Crippen LogP contribution in [0.3, 0.4) is 0 Å². The van der Waals surface area contributed by atoms with Gasteiger partial charge in [-0.25, -0.2) is 15.4 Å². The number of ether oxygens (including phenoxy) is 1. The Balaban J connectivity index is 1.69. The first-order valence-corrected chi connectivity index (χ1v) is 9.66. The van der Waals surface area contributed by atoms with Crippen LogP contribution < -0.4 is 10.2 Å². The van der Waals surface area contributed by atoms with Crippen LogP contribution >= 0.6 is 11.6 Å². The SMILES string of the molecule is CCOc1ccccc1/C=N/Nc1nc(-c2ccccc2)c2cc(Cl)ccc2n1. The Morgan fingerprint density at radius 3 is 2.62 bits per heavy atom. The van der Waals surface area contributed by atoms with Crippen molar-refractivity contribution >= 4 is 34.7 Å². The topological polar surface area (TPSA) is 59.4 Å². The smallest absolute Gasteiger partial charge is 0.244 e. The van der Waals surface area contributed by atoms with Crippen LogP contribution in [0.2, 0.25) is 5.02 Å². The molecule has 29 heavy (non-hydrogen) atoms. The molecule has 0 radical (unpaired) electrons.